The molecule has 0 aliphatic heterocycles. The van der Waals surface area contributed by atoms with Crippen LogP contribution in [-0.2, 0) is 13.0 Å². The Morgan fingerprint density at radius 3 is 2.43 bits per heavy atom. The van der Waals surface area contributed by atoms with Crippen LogP contribution in [0.1, 0.15) is 25.2 Å². The molecule has 0 aliphatic rings. The number of hydrogen-bond donors (Lipinski definition) is 2. The van der Waals surface area contributed by atoms with Gasteiger partial charge in [0.1, 0.15) is 23.3 Å². The second kappa shape index (κ2) is 7.22. The number of nitrogens with one attached hydrogen (secondary N) is 2. The summed E-state index contributed by atoms with van der Waals surface area (Å²) < 4.78 is 13.1. The van der Waals surface area contributed by atoms with Crippen LogP contribution < -0.4 is 10.6 Å². The second-order valence-corrected chi connectivity index (χ2v) is 4.95. The van der Waals surface area contributed by atoms with Gasteiger partial charge in [0.25, 0.3) is 0 Å². The third-order valence-corrected chi connectivity index (χ3v) is 3.19. The minimum absolute atomic E-state index is 0.125. The molecule has 1 heterocycles. The predicted octanol–water partition coefficient (Wildman–Crippen LogP) is 3.88. The Balaban J connectivity index is 2.11. The summed E-state index contributed by atoms with van der Waals surface area (Å²) in [4.78, 5) is 8.81. The van der Waals surface area contributed by atoms with E-state index in [-0.39, 0.29) is 5.02 Å². The zero-order valence-electron chi connectivity index (χ0n) is 12.1. The van der Waals surface area contributed by atoms with E-state index in [1.54, 1.807) is 12.1 Å². The normalized spacial score (nSPS) is 10.5. The van der Waals surface area contributed by atoms with Gasteiger partial charge in [-0.15, -0.1) is 0 Å². The van der Waals surface area contributed by atoms with Crippen molar-refractivity contribution in [3.05, 3.63) is 46.5 Å². The topological polar surface area (TPSA) is 49.8 Å². The highest BCUT2D eigenvalue weighted by Gasteiger charge is 2.04. The highest BCUT2D eigenvalue weighted by molar-refractivity contribution is 6.30. The minimum Gasteiger partial charge on any atom is -0.370 e. The Labute approximate surface area is 128 Å². The summed E-state index contributed by atoms with van der Waals surface area (Å²) in [6.45, 7) is 5.34. The van der Waals surface area contributed by atoms with Crippen molar-refractivity contribution in [2.24, 2.45) is 0 Å². The fourth-order valence-electron chi connectivity index (χ4n) is 1.86. The molecular weight excluding hydrogens is 291 g/mol. The van der Waals surface area contributed by atoms with E-state index in [1.807, 2.05) is 19.9 Å². The molecule has 4 nitrogen and oxygen atoms in total. The molecule has 1 aromatic carbocycles. The number of rotatable bonds is 6. The van der Waals surface area contributed by atoms with Crippen LogP contribution in [0.2, 0.25) is 5.02 Å². The van der Waals surface area contributed by atoms with Gasteiger partial charge in [0.15, 0.2) is 0 Å². The third-order valence-electron chi connectivity index (χ3n) is 2.90. The second-order valence-electron chi connectivity index (χ2n) is 4.54. The molecule has 0 bridgehead atoms. The molecule has 2 aromatic rings. The number of aromatic nitrogens is 2. The highest BCUT2D eigenvalue weighted by atomic mass is 35.5. The van der Waals surface area contributed by atoms with Crippen LogP contribution in [0.4, 0.5) is 16.0 Å². The van der Waals surface area contributed by atoms with Crippen molar-refractivity contribution in [3.63, 3.8) is 0 Å². The molecule has 0 saturated heterocycles. The smallest absolute Gasteiger partial charge is 0.141 e. The van der Waals surface area contributed by atoms with E-state index < -0.39 is 5.82 Å². The Hall–Kier alpha value is -1.88. The first kappa shape index (κ1) is 15.5. The number of benzene rings is 1. The maximum absolute atomic E-state index is 13.1. The SMILES string of the molecule is CCNc1cc(NCc2ccc(F)c(Cl)c2)nc(CC)n1. The minimum atomic E-state index is -0.412. The van der Waals surface area contributed by atoms with Crippen LogP contribution in [0.5, 0.6) is 0 Å². The molecule has 1 aromatic heterocycles. The van der Waals surface area contributed by atoms with Gasteiger partial charge in [0, 0.05) is 25.6 Å². The van der Waals surface area contributed by atoms with Crippen molar-refractivity contribution in [1.29, 1.82) is 0 Å². The van der Waals surface area contributed by atoms with Gasteiger partial charge >= 0.3 is 0 Å². The molecule has 112 valence electrons. The zero-order chi connectivity index (χ0) is 15.2. The van der Waals surface area contributed by atoms with Crippen LogP contribution in [-0.4, -0.2) is 16.5 Å². The van der Waals surface area contributed by atoms with Crippen LogP contribution in [0.25, 0.3) is 0 Å². The average Bonchev–Trinajstić information content (AvgIpc) is 2.48. The van der Waals surface area contributed by atoms with Gasteiger partial charge in [0.05, 0.1) is 5.02 Å². The lowest BCUT2D eigenvalue weighted by Crippen LogP contribution is -2.08. The molecule has 0 spiro atoms. The van der Waals surface area contributed by atoms with E-state index in [0.29, 0.717) is 6.54 Å². The molecule has 0 atom stereocenters. The van der Waals surface area contributed by atoms with Crippen LogP contribution in [0.3, 0.4) is 0 Å². The zero-order valence-corrected chi connectivity index (χ0v) is 12.8. The lowest BCUT2D eigenvalue weighted by Gasteiger charge is -2.10. The van der Waals surface area contributed by atoms with Gasteiger partial charge in [-0.3, -0.25) is 0 Å². The molecule has 0 radical (unpaired) electrons. The quantitative estimate of drug-likeness (QED) is 0.850. The van der Waals surface area contributed by atoms with Gasteiger partial charge in [-0.05, 0) is 24.6 Å². The molecular formula is C15H18ClFN4. The van der Waals surface area contributed by atoms with Gasteiger partial charge in [-0.25, -0.2) is 14.4 Å². The molecule has 21 heavy (non-hydrogen) atoms. The van der Waals surface area contributed by atoms with E-state index >= 15 is 0 Å². The van der Waals surface area contributed by atoms with E-state index in [2.05, 4.69) is 20.6 Å². The molecule has 0 fully saturated rings. The predicted molar refractivity (Wildman–Crippen MR) is 84.3 cm³/mol. The van der Waals surface area contributed by atoms with E-state index in [4.69, 9.17) is 11.6 Å². The summed E-state index contributed by atoms with van der Waals surface area (Å²) in [5, 5.41) is 6.51. The fraction of sp³-hybridized carbons (Fsp3) is 0.333. The molecule has 2 rings (SSSR count). The summed E-state index contributed by atoms with van der Waals surface area (Å²) in [7, 11) is 0. The van der Waals surface area contributed by atoms with Crippen molar-refractivity contribution in [2.75, 3.05) is 17.2 Å². The largest absolute Gasteiger partial charge is 0.370 e. The van der Waals surface area contributed by atoms with E-state index in [0.717, 1.165) is 36.0 Å². The standard InChI is InChI=1S/C15H18ClFN4/c1-3-13-20-14(18-4-2)8-15(21-13)19-9-10-5-6-12(17)11(16)7-10/h5-8H,3-4,9H2,1-2H3,(H2,18,19,20,21). The lowest BCUT2D eigenvalue weighted by atomic mass is 10.2. The fourth-order valence-corrected chi connectivity index (χ4v) is 2.06. The van der Waals surface area contributed by atoms with Gasteiger partial charge in [0.2, 0.25) is 0 Å². The Morgan fingerprint density at radius 1 is 1.10 bits per heavy atom. The van der Waals surface area contributed by atoms with Crippen molar-refractivity contribution in [1.82, 2.24) is 9.97 Å². The summed E-state index contributed by atoms with van der Waals surface area (Å²) in [5.74, 6) is 1.89. The maximum atomic E-state index is 13.1. The van der Waals surface area contributed by atoms with Crippen molar-refractivity contribution in [2.45, 2.75) is 26.8 Å². The molecule has 6 heteroatoms. The number of hydrogen-bond acceptors (Lipinski definition) is 4. The number of nitrogens with zero attached hydrogens (tertiary/aromatic N) is 2. The Morgan fingerprint density at radius 2 is 1.81 bits per heavy atom. The van der Waals surface area contributed by atoms with Crippen molar-refractivity contribution >= 4 is 23.2 Å². The number of halogens is 2. The first-order chi connectivity index (χ1) is 10.1. The molecule has 2 N–H and O–H groups in total. The van der Waals surface area contributed by atoms with Gasteiger partial charge in [-0.1, -0.05) is 24.6 Å². The van der Waals surface area contributed by atoms with Crippen LogP contribution in [0, 0.1) is 5.82 Å². The maximum Gasteiger partial charge on any atom is 0.141 e. The highest BCUT2D eigenvalue weighted by Crippen LogP contribution is 2.18. The third kappa shape index (κ3) is 4.29. The average molecular weight is 309 g/mol. The number of aryl methyl sites for hydroxylation is 1. The van der Waals surface area contributed by atoms with E-state index in [1.165, 1.54) is 6.07 Å². The van der Waals surface area contributed by atoms with E-state index in [9.17, 15) is 4.39 Å². The molecule has 0 unspecified atom stereocenters. The van der Waals surface area contributed by atoms with Crippen LogP contribution in [0.15, 0.2) is 24.3 Å². The summed E-state index contributed by atoms with van der Waals surface area (Å²) in [5.41, 5.74) is 0.892. The Kier molecular flexibility index (Phi) is 5.33. The van der Waals surface area contributed by atoms with Crippen molar-refractivity contribution < 1.29 is 4.39 Å². The molecule has 0 aliphatic carbocycles. The van der Waals surface area contributed by atoms with Gasteiger partial charge in [-0.2, -0.15) is 0 Å². The lowest BCUT2D eigenvalue weighted by molar-refractivity contribution is 0.627. The molecule has 0 amide bonds. The first-order valence-corrected chi connectivity index (χ1v) is 7.29. The van der Waals surface area contributed by atoms with Crippen LogP contribution >= 0.6 is 11.6 Å². The Bertz CT molecular complexity index is 619. The number of anilines is 2. The van der Waals surface area contributed by atoms with Gasteiger partial charge < -0.3 is 10.6 Å². The van der Waals surface area contributed by atoms with Crippen molar-refractivity contribution in [3.8, 4) is 0 Å². The monoisotopic (exact) mass is 308 g/mol. The first-order valence-electron chi connectivity index (χ1n) is 6.92. The molecule has 0 saturated carbocycles. The summed E-state index contributed by atoms with van der Waals surface area (Å²) in [6, 6.07) is 6.52. The summed E-state index contributed by atoms with van der Waals surface area (Å²) in [6.07, 6.45) is 0.760. The summed E-state index contributed by atoms with van der Waals surface area (Å²) >= 11 is 5.77.